The summed E-state index contributed by atoms with van der Waals surface area (Å²) in [6.45, 7) is 1.95. The monoisotopic (exact) mass is 346 g/mol. The van der Waals surface area contributed by atoms with Crippen molar-refractivity contribution in [2.75, 3.05) is 4.90 Å². The fraction of sp³-hybridized carbons (Fsp3) is 0.0476. The molecule has 0 fully saturated rings. The van der Waals surface area contributed by atoms with E-state index < -0.39 is 0 Å². The molecule has 0 saturated heterocycles. The predicted molar refractivity (Wildman–Crippen MR) is 106 cm³/mol. The molecule has 1 N–H and O–H groups in total. The van der Waals surface area contributed by atoms with Crippen LogP contribution in [0.15, 0.2) is 84.9 Å². The normalized spacial score (nSPS) is 10.1. The lowest BCUT2D eigenvalue weighted by atomic mass is 10.1. The van der Waals surface area contributed by atoms with Crippen LogP contribution >= 0.6 is 12.2 Å². The van der Waals surface area contributed by atoms with Crippen molar-refractivity contribution in [2.24, 2.45) is 0 Å². The van der Waals surface area contributed by atoms with Crippen LogP contribution in [0.5, 0.6) is 0 Å². The molecule has 0 atom stereocenters. The summed E-state index contributed by atoms with van der Waals surface area (Å²) < 4.78 is 0. The molecule has 0 aliphatic rings. The van der Waals surface area contributed by atoms with Gasteiger partial charge in [0.25, 0.3) is 5.91 Å². The van der Waals surface area contributed by atoms with Gasteiger partial charge in [-0.3, -0.25) is 15.0 Å². The first-order valence-electron chi connectivity index (χ1n) is 7.97. The number of anilines is 2. The quantitative estimate of drug-likeness (QED) is 0.688. The van der Waals surface area contributed by atoms with Gasteiger partial charge in [-0.1, -0.05) is 54.1 Å². The third-order valence-corrected chi connectivity index (χ3v) is 4.02. The summed E-state index contributed by atoms with van der Waals surface area (Å²) in [6.07, 6.45) is 0. The first kappa shape index (κ1) is 16.9. The first-order valence-corrected chi connectivity index (χ1v) is 8.38. The smallest absolute Gasteiger partial charge is 0.257 e. The Bertz CT molecular complexity index is 839. The summed E-state index contributed by atoms with van der Waals surface area (Å²) in [5.41, 5.74) is 3.40. The van der Waals surface area contributed by atoms with E-state index in [0.29, 0.717) is 10.7 Å². The number of nitrogens with one attached hydrogen (secondary N) is 1. The standard InChI is InChI=1S/C21H18N2OS/c1-16-9-8-10-17(15-16)20(24)22-21(25)23(18-11-4-2-5-12-18)19-13-6-3-7-14-19/h2-15H,1H3,(H,22,24,25). The molecule has 0 saturated carbocycles. The van der Waals surface area contributed by atoms with Crippen molar-refractivity contribution in [1.82, 2.24) is 5.32 Å². The second-order valence-electron chi connectivity index (χ2n) is 5.64. The van der Waals surface area contributed by atoms with Gasteiger partial charge < -0.3 is 0 Å². The maximum atomic E-state index is 12.5. The molecular weight excluding hydrogens is 328 g/mol. The highest BCUT2D eigenvalue weighted by atomic mass is 32.1. The van der Waals surface area contributed by atoms with Gasteiger partial charge in [0.15, 0.2) is 5.11 Å². The Labute approximate surface area is 152 Å². The number of carbonyl (C=O) groups is 1. The zero-order valence-electron chi connectivity index (χ0n) is 13.8. The molecule has 0 aliphatic carbocycles. The molecule has 0 aliphatic heterocycles. The third kappa shape index (κ3) is 4.11. The molecule has 0 unspecified atom stereocenters. The van der Waals surface area contributed by atoms with Gasteiger partial charge in [-0.25, -0.2) is 0 Å². The van der Waals surface area contributed by atoms with Gasteiger partial charge in [-0.15, -0.1) is 0 Å². The Hall–Kier alpha value is -2.98. The second kappa shape index (κ2) is 7.73. The molecule has 1 amide bonds. The lowest BCUT2D eigenvalue weighted by Crippen LogP contribution is -2.40. The molecule has 124 valence electrons. The van der Waals surface area contributed by atoms with Crippen molar-refractivity contribution < 1.29 is 4.79 Å². The van der Waals surface area contributed by atoms with Gasteiger partial charge >= 0.3 is 0 Å². The largest absolute Gasteiger partial charge is 0.298 e. The Balaban J connectivity index is 1.89. The van der Waals surface area contributed by atoms with Crippen LogP contribution in [0, 0.1) is 6.92 Å². The van der Waals surface area contributed by atoms with Crippen molar-refractivity contribution >= 4 is 34.6 Å². The number of thiocarbonyl (C=S) groups is 1. The van der Waals surface area contributed by atoms with Crippen LogP contribution in [0.25, 0.3) is 0 Å². The number of aryl methyl sites for hydroxylation is 1. The Morgan fingerprint density at radius 2 is 1.40 bits per heavy atom. The van der Waals surface area contributed by atoms with Crippen LogP contribution in [0.4, 0.5) is 11.4 Å². The van der Waals surface area contributed by atoms with Crippen LogP contribution in [0.2, 0.25) is 0 Å². The van der Waals surface area contributed by atoms with Gasteiger partial charge in [0.05, 0.1) is 0 Å². The summed E-state index contributed by atoms with van der Waals surface area (Å²) in [5, 5.41) is 3.18. The van der Waals surface area contributed by atoms with Crippen molar-refractivity contribution in [3.63, 3.8) is 0 Å². The predicted octanol–water partition coefficient (Wildman–Crippen LogP) is 4.85. The van der Waals surface area contributed by atoms with Gasteiger partial charge in [-0.2, -0.15) is 0 Å². The zero-order valence-corrected chi connectivity index (χ0v) is 14.7. The van der Waals surface area contributed by atoms with E-state index in [1.807, 2.05) is 90.7 Å². The fourth-order valence-corrected chi connectivity index (χ4v) is 2.85. The summed E-state index contributed by atoms with van der Waals surface area (Å²) in [5.74, 6) is -0.217. The Morgan fingerprint density at radius 1 is 0.840 bits per heavy atom. The highest BCUT2D eigenvalue weighted by Crippen LogP contribution is 2.25. The molecule has 4 heteroatoms. The van der Waals surface area contributed by atoms with Crippen molar-refractivity contribution in [3.05, 3.63) is 96.1 Å². The molecule has 3 aromatic carbocycles. The van der Waals surface area contributed by atoms with Crippen LogP contribution in [-0.2, 0) is 0 Å². The van der Waals surface area contributed by atoms with E-state index in [1.165, 1.54) is 0 Å². The van der Waals surface area contributed by atoms with Gasteiger partial charge in [-0.05, 0) is 55.5 Å². The molecule has 0 spiro atoms. The van der Waals surface area contributed by atoms with E-state index in [2.05, 4.69) is 5.32 Å². The van der Waals surface area contributed by atoms with E-state index in [9.17, 15) is 4.79 Å². The minimum Gasteiger partial charge on any atom is -0.298 e. The number of carbonyl (C=O) groups excluding carboxylic acids is 1. The van der Waals surface area contributed by atoms with Gasteiger partial charge in [0.2, 0.25) is 0 Å². The van der Waals surface area contributed by atoms with Gasteiger partial charge in [0.1, 0.15) is 0 Å². The van der Waals surface area contributed by atoms with E-state index in [1.54, 1.807) is 6.07 Å². The van der Waals surface area contributed by atoms with Crippen LogP contribution in [0.1, 0.15) is 15.9 Å². The molecule has 3 aromatic rings. The van der Waals surface area contributed by atoms with Crippen LogP contribution < -0.4 is 10.2 Å². The lowest BCUT2D eigenvalue weighted by Gasteiger charge is -2.25. The minimum absolute atomic E-state index is 0.217. The molecule has 0 bridgehead atoms. The van der Waals surface area contributed by atoms with Crippen LogP contribution in [0.3, 0.4) is 0 Å². The third-order valence-electron chi connectivity index (χ3n) is 3.73. The van der Waals surface area contributed by atoms with E-state index in [4.69, 9.17) is 12.2 Å². The molecule has 3 rings (SSSR count). The zero-order chi connectivity index (χ0) is 17.6. The SMILES string of the molecule is Cc1cccc(C(=O)NC(=S)N(c2ccccc2)c2ccccc2)c1. The summed E-state index contributed by atoms with van der Waals surface area (Å²) in [4.78, 5) is 14.4. The molecule has 0 heterocycles. The average Bonchev–Trinajstić information content (AvgIpc) is 2.63. The molecule has 3 nitrogen and oxygen atoms in total. The number of nitrogens with zero attached hydrogens (tertiary/aromatic N) is 1. The minimum atomic E-state index is -0.217. The second-order valence-corrected chi connectivity index (χ2v) is 6.02. The lowest BCUT2D eigenvalue weighted by molar-refractivity contribution is 0.0977. The van der Waals surface area contributed by atoms with Gasteiger partial charge in [0, 0.05) is 16.9 Å². The van der Waals surface area contributed by atoms with E-state index >= 15 is 0 Å². The summed E-state index contributed by atoms with van der Waals surface area (Å²) >= 11 is 5.54. The number of hydrogen-bond acceptors (Lipinski definition) is 2. The van der Waals surface area contributed by atoms with Crippen molar-refractivity contribution in [2.45, 2.75) is 6.92 Å². The number of hydrogen-bond donors (Lipinski definition) is 1. The maximum Gasteiger partial charge on any atom is 0.257 e. The highest BCUT2D eigenvalue weighted by Gasteiger charge is 2.17. The van der Waals surface area contributed by atoms with Crippen molar-refractivity contribution in [3.8, 4) is 0 Å². The number of para-hydroxylation sites is 2. The fourth-order valence-electron chi connectivity index (χ4n) is 2.55. The number of benzene rings is 3. The van der Waals surface area contributed by atoms with Crippen molar-refractivity contribution in [1.29, 1.82) is 0 Å². The topological polar surface area (TPSA) is 32.3 Å². The molecule has 0 radical (unpaired) electrons. The first-order chi connectivity index (χ1) is 12.1. The Kier molecular flexibility index (Phi) is 5.21. The molecular formula is C21H18N2OS. The Morgan fingerprint density at radius 3 is 1.92 bits per heavy atom. The summed E-state index contributed by atoms with van der Waals surface area (Å²) in [7, 11) is 0. The van der Waals surface area contributed by atoms with E-state index in [0.717, 1.165) is 16.9 Å². The molecule has 25 heavy (non-hydrogen) atoms. The maximum absolute atomic E-state index is 12.5. The van der Waals surface area contributed by atoms with Crippen LogP contribution in [-0.4, -0.2) is 11.0 Å². The number of rotatable bonds is 3. The summed E-state index contributed by atoms with van der Waals surface area (Å²) in [6, 6.07) is 26.9. The van der Waals surface area contributed by atoms with E-state index in [-0.39, 0.29) is 5.91 Å². The average molecular weight is 346 g/mol. The molecule has 0 aromatic heterocycles. The number of amides is 1. The highest BCUT2D eigenvalue weighted by molar-refractivity contribution is 7.80.